The lowest BCUT2D eigenvalue weighted by atomic mass is 9.86. The molecule has 1 unspecified atom stereocenters. The molecule has 1 atom stereocenters. The van der Waals surface area contributed by atoms with Crippen molar-refractivity contribution in [2.45, 2.75) is 51.9 Å². The number of hydrogen-bond acceptors (Lipinski definition) is 4. The van der Waals surface area contributed by atoms with E-state index in [-0.39, 0.29) is 5.97 Å². The van der Waals surface area contributed by atoms with Crippen LogP contribution in [0.4, 0.5) is 0 Å². The molecule has 1 aliphatic rings. The summed E-state index contributed by atoms with van der Waals surface area (Å²) in [6.07, 6.45) is 7.12. The van der Waals surface area contributed by atoms with Crippen LogP contribution < -0.4 is 4.74 Å². The van der Waals surface area contributed by atoms with Crippen LogP contribution in [-0.2, 0) is 11.2 Å². The molecule has 3 nitrogen and oxygen atoms in total. The summed E-state index contributed by atoms with van der Waals surface area (Å²) in [6, 6.07) is 16.8. The van der Waals surface area contributed by atoms with Crippen LogP contribution in [0.2, 0.25) is 0 Å². The van der Waals surface area contributed by atoms with Crippen molar-refractivity contribution in [1.82, 2.24) is 0 Å². The van der Waals surface area contributed by atoms with Crippen molar-refractivity contribution < 1.29 is 14.3 Å². The van der Waals surface area contributed by atoms with Gasteiger partial charge in [-0.2, -0.15) is 0 Å². The summed E-state index contributed by atoms with van der Waals surface area (Å²) in [6.45, 7) is 4.80. The van der Waals surface area contributed by atoms with Crippen LogP contribution in [0.3, 0.4) is 0 Å². The fourth-order valence-electron chi connectivity index (χ4n) is 3.99. The molecule has 30 heavy (non-hydrogen) atoms. The van der Waals surface area contributed by atoms with Crippen LogP contribution in [0.15, 0.2) is 60.4 Å². The van der Waals surface area contributed by atoms with Crippen LogP contribution >= 0.6 is 11.3 Å². The predicted octanol–water partition coefficient (Wildman–Crippen LogP) is 7.26. The highest BCUT2D eigenvalue weighted by atomic mass is 32.1. The van der Waals surface area contributed by atoms with Crippen molar-refractivity contribution in [1.29, 1.82) is 0 Å². The lowest BCUT2D eigenvalue weighted by Gasteiger charge is -2.22. The van der Waals surface area contributed by atoms with Gasteiger partial charge in [-0.25, -0.2) is 4.79 Å². The zero-order valence-corrected chi connectivity index (χ0v) is 18.5. The van der Waals surface area contributed by atoms with Gasteiger partial charge >= 0.3 is 5.97 Å². The summed E-state index contributed by atoms with van der Waals surface area (Å²) in [5, 5.41) is 1.04. The molecule has 0 radical (unpaired) electrons. The van der Waals surface area contributed by atoms with E-state index in [0.29, 0.717) is 17.4 Å². The van der Waals surface area contributed by atoms with Crippen molar-refractivity contribution in [3.05, 3.63) is 76.4 Å². The van der Waals surface area contributed by atoms with E-state index in [2.05, 4.69) is 37.3 Å². The minimum atomic E-state index is -0.261. The number of allylic oxidation sites excluding steroid dienone is 2. The Kier molecular flexibility index (Phi) is 6.53. The van der Waals surface area contributed by atoms with Gasteiger partial charge in [-0.05, 0) is 79.0 Å². The minimum absolute atomic E-state index is 0.261. The van der Waals surface area contributed by atoms with Crippen molar-refractivity contribution in [2.75, 3.05) is 6.61 Å². The lowest BCUT2D eigenvalue weighted by Crippen LogP contribution is -2.09. The molecule has 0 fully saturated rings. The summed E-state index contributed by atoms with van der Waals surface area (Å²) in [7, 11) is 0. The highest BCUT2D eigenvalue weighted by Gasteiger charge is 2.20. The largest absolute Gasteiger partial charge is 0.494 e. The first kappa shape index (κ1) is 20.7. The number of aryl methyl sites for hydroxylation is 1. The van der Waals surface area contributed by atoms with Gasteiger partial charge in [0.15, 0.2) is 0 Å². The molecule has 0 saturated carbocycles. The predicted molar refractivity (Wildman–Crippen MR) is 124 cm³/mol. The van der Waals surface area contributed by atoms with E-state index in [1.807, 2.05) is 31.2 Å². The third-order valence-electron chi connectivity index (χ3n) is 5.59. The Labute approximate surface area is 182 Å². The summed E-state index contributed by atoms with van der Waals surface area (Å²) in [5.41, 5.74) is 2.78. The Balaban J connectivity index is 1.38. The van der Waals surface area contributed by atoms with Gasteiger partial charge in [0, 0.05) is 11.1 Å². The summed E-state index contributed by atoms with van der Waals surface area (Å²) < 4.78 is 12.3. The van der Waals surface area contributed by atoms with Gasteiger partial charge in [0.2, 0.25) is 0 Å². The minimum Gasteiger partial charge on any atom is -0.494 e. The maximum atomic E-state index is 12.7. The average Bonchev–Trinajstić information content (AvgIpc) is 3.19. The second-order valence-electron chi connectivity index (χ2n) is 7.77. The molecule has 1 heterocycles. The molecule has 0 bridgehead atoms. The Morgan fingerprint density at radius 2 is 1.93 bits per heavy atom. The number of carbonyl (C=O) groups is 1. The topological polar surface area (TPSA) is 35.5 Å². The molecule has 2 aromatic carbocycles. The van der Waals surface area contributed by atoms with Gasteiger partial charge in [0.05, 0.1) is 6.61 Å². The highest BCUT2D eigenvalue weighted by Crippen LogP contribution is 2.34. The summed E-state index contributed by atoms with van der Waals surface area (Å²) >= 11 is 1.45. The molecule has 0 aliphatic heterocycles. The molecule has 0 spiro atoms. The Morgan fingerprint density at radius 3 is 2.63 bits per heavy atom. The van der Waals surface area contributed by atoms with E-state index >= 15 is 0 Å². The Morgan fingerprint density at radius 1 is 1.10 bits per heavy atom. The van der Waals surface area contributed by atoms with Gasteiger partial charge in [-0.3, -0.25) is 0 Å². The molecule has 1 aromatic heterocycles. The number of thiophene rings is 1. The smallest absolute Gasteiger partial charge is 0.353 e. The first-order chi connectivity index (χ1) is 14.7. The second-order valence-corrected chi connectivity index (χ2v) is 8.85. The number of fused-ring (bicyclic) bond motifs is 1. The van der Waals surface area contributed by atoms with E-state index in [9.17, 15) is 4.79 Å². The van der Waals surface area contributed by atoms with Gasteiger partial charge in [-0.1, -0.05) is 37.6 Å². The van der Waals surface area contributed by atoms with Gasteiger partial charge in [-0.15, -0.1) is 11.3 Å². The average molecular weight is 421 g/mol. The number of ether oxygens (including phenoxy) is 2. The van der Waals surface area contributed by atoms with Crippen LogP contribution in [0.25, 0.3) is 10.1 Å². The third-order valence-corrected chi connectivity index (χ3v) is 6.66. The molecule has 3 aromatic rings. The second kappa shape index (κ2) is 9.48. The molecule has 4 heteroatoms. The van der Waals surface area contributed by atoms with Gasteiger partial charge < -0.3 is 9.47 Å². The Hall–Kier alpha value is -2.59. The molecule has 0 amide bonds. The van der Waals surface area contributed by atoms with Crippen molar-refractivity contribution in [3.8, 4) is 5.75 Å². The zero-order chi connectivity index (χ0) is 20.9. The van der Waals surface area contributed by atoms with Crippen molar-refractivity contribution >= 4 is 27.4 Å². The van der Waals surface area contributed by atoms with Crippen LogP contribution in [-0.4, -0.2) is 12.6 Å². The first-order valence-electron chi connectivity index (χ1n) is 10.8. The van der Waals surface area contributed by atoms with E-state index in [4.69, 9.17) is 9.47 Å². The number of benzene rings is 2. The normalized spacial score (nSPS) is 16.3. The SMILES string of the molecule is CCCc1ccc(C2CC=C(OC(=O)c3cc4ccc(OCC)cc4s3)CC2)cc1. The van der Waals surface area contributed by atoms with E-state index in [1.54, 1.807) is 0 Å². The number of rotatable bonds is 7. The molecular weight excluding hydrogens is 392 g/mol. The van der Waals surface area contributed by atoms with E-state index in [1.165, 1.54) is 28.9 Å². The molecule has 4 rings (SSSR count). The number of hydrogen-bond donors (Lipinski definition) is 0. The quantitative estimate of drug-likeness (QED) is 0.377. The Bertz CT molecular complexity index is 1050. The molecular formula is C26H28O3S. The third kappa shape index (κ3) is 4.76. The molecule has 156 valence electrons. The zero-order valence-electron chi connectivity index (χ0n) is 17.6. The van der Waals surface area contributed by atoms with Gasteiger partial charge in [0.1, 0.15) is 16.4 Å². The molecule has 0 saturated heterocycles. The van der Waals surface area contributed by atoms with Gasteiger partial charge in [0.25, 0.3) is 0 Å². The molecule has 1 aliphatic carbocycles. The fourth-order valence-corrected chi connectivity index (χ4v) is 4.96. The fraction of sp³-hybridized carbons (Fsp3) is 0.346. The number of esters is 1. The van der Waals surface area contributed by atoms with Crippen LogP contribution in [0, 0.1) is 0 Å². The lowest BCUT2D eigenvalue weighted by molar-refractivity contribution is 0.0612. The summed E-state index contributed by atoms with van der Waals surface area (Å²) in [5.74, 6) is 1.87. The highest BCUT2D eigenvalue weighted by molar-refractivity contribution is 7.20. The maximum absolute atomic E-state index is 12.7. The van der Waals surface area contributed by atoms with E-state index in [0.717, 1.165) is 47.3 Å². The summed E-state index contributed by atoms with van der Waals surface area (Å²) in [4.78, 5) is 13.3. The molecule has 0 N–H and O–H groups in total. The standard InChI is InChI=1S/C26H28O3S/c1-3-5-18-6-8-19(9-7-18)20-10-13-22(14-11-20)29-26(27)25-16-21-12-15-23(28-4-2)17-24(21)30-25/h6-9,12-13,15-17,20H,3-5,10-11,14H2,1-2H3. The van der Waals surface area contributed by atoms with Crippen molar-refractivity contribution in [3.63, 3.8) is 0 Å². The number of carbonyl (C=O) groups excluding carboxylic acids is 1. The first-order valence-corrected chi connectivity index (χ1v) is 11.6. The van der Waals surface area contributed by atoms with Crippen molar-refractivity contribution in [2.24, 2.45) is 0 Å². The van der Waals surface area contributed by atoms with E-state index < -0.39 is 0 Å². The van der Waals surface area contributed by atoms with Crippen LogP contribution in [0.5, 0.6) is 5.75 Å². The maximum Gasteiger partial charge on any atom is 0.353 e. The monoisotopic (exact) mass is 420 g/mol. The van der Waals surface area contributed by atoms with Crippen LogP contribution in [0.1, 0.15) is 66.2 Å².